The number of ether oxygens (including phenoxy) is 1. The normalized spacial score (nSPS) is 23.4. The predicted molar refractivity (Wildman–Crippen MR) is 75.9 cm³/mol. The van der Waals surface area contributed by atoms with Crippen LogP contribution in [0.4, 0.5) is 0 Å². The minimum Gasteiger partial charge on any atom is -0.464 e. The molecule has 1 saturated carbocycles. The molecule has 0 radical (unpaired) electrons. The molecule has 1 atom stereocenters. The number of hydrogen-bond acceptors (Lipinski definition) is 4. The fourth-order valence-electron chi connectivity index (χ4n) is 3.53. The molecule has 114 valence electrons. The van der Waals surface area contributed by atoms with Crippen LogP contribution in [0.1, 0.15) is 51.9 Å². The Hall–Kier alpha value is -1.10. The maximum atomic E-state index is 12.2. The highest BCUT2D eigenvalue weighted by atomic mass is 16.5. The molecule has 0 bridgehead atoms. The van der Waals surface area contributed by atoms with Crippen molar-refractivity contribution < 1.29 is 14.3 Å². The number of hydrogen-bond donors (Lipinski definition) is 1. The lowest BCUT2D eigenvalue weighted by molar-refractivity contribution is -0.151. The number of carbonyl (C=O) groups is 2. The lowest BCUT2D eigenvalue weighted by Gasteiger charge is -2.44. The van der Waals surface area contributed by atoms with Crippen LogP contribution in [-0.2, 0) is 14.3 Å². The van der Waals surface area contributed by atoms with Gasteiger partial charge in [0.25, 0.3) is 5.91 Å². The van der Waals surface area contributed by atoms with E-state index in [1.165, 1.54) is 32.1 Å². The number of amides is 1. The van der Waals surface area contributed by atoms with Crippen molar-refractivity contribution in [3.8, 4) is 0 Å². The highest BCUT2D eigenvalue weighted by Gasteiger charge is 2.38. The molecule has 0 aromatic carbocycles. The molecule has 1 heterocycles. The minimum atomic E-state index is -1.16. The van der Waals surface area contributed by atoms with Gasteiger partial charge in [0.2, 0.25) is 0 Å². The van der Waals surface area contributed by atoms with Gasteiger partial charge in [0.05, 0.1) is 6.61 Å². The van der Waals surface area contributed by atoms with Gasteiger partial charge in [-0.15, -0.1) is 0 Å². The summed E-state index contributed by atoms with van der Waals surface area (Å²) in [5, 5.41) is 0. The zero-order chi connectivity index (χ0) is 14.6. The van der Waals surface area contributed by atoms with Crippen molar-refractivity contribution in [1.29, 1.82) is 0 Å². The van der Waals surface area contributed by atoms with Gasteiger partial charge in [-0.2, -0.15) is 0 Å². The Kier molecular flexibility index (Phi) is 5.02. The topological polar surface area (TPSA) is 72.6 Å². The van der Waals surface area contributed by atoms with E-state index in [-0.39, 0.29) is 12.5 Å². The molecule has 2 aliphatic rings. The van der Waals surface area contributed by atoms with Gasteiger partial charge in [-0.05, 0) is 38.0 Å². The predicted octanol–water partition coefficient (Wildman–Crippen LogP) is 1.45. The second kappa shape index (κ2) is 6.57. The van der Waals surface area contributed by atoms with E-state index in [4.69, 9.17) is 10.5 Å². The van der Waals surface area contributed by atoms with Crippen molar-refractivity contribution in [3.05, 3.63) is 0 Å². The van der Waals surface area contributed by atoms with Crippen molar-refractivity contribution >= 4 is 11.9 Å². The summed E-state index contributed by atoms with van der Waals surface area (Å²) in [6.45, 7) is 3.42. The number of piperidine rings is 1. The molecule has 1 spiro atoms. The van der Waals surface area contributed by atoms with Gasteiger partial charge < -0.3 is 15.4 Å². The molecule has 0 aromatic heterocycles. The summed E-state index contributed by atoms with van der Waals surface area (Å²) >= 11 is 0. The van der Waals surface area contributed by atoms with Gasteiger partial charge >= 0.3 is 5.97 Å². The molecule has 1 saturated heterocycles. The third-order valence-electron chi connectivity index (χ3n) is 4.86. The number of nitrogens with two attached hydrogens (primary N) is 1. The molecule has 2 rings (SSSR count). The molecule has 1 aliphatic carbocycles. The molecule has 5 nitrogen and oxygen atoms in total. The molecular weight excluding hydrogens is 256 g/mol. The number of likely N-dealkylation sites (tertiary alicyclic amines) is 1. The summed E-state index contributed by atoms with van der Waals surface area (Å²) in [6.07, 6.45) is 8.66. The first-order chi connectivity index (χ1) is 9.58. The SMILES string of the molecule is CCOC(=O)C(N)C(=O)N1CCC2(CCCCC2)CC1. The van der Waals surface area contributed by atoms with E-state index < -0.39 is 12.0 Å². The average Bonchev–Trinajstić information content (AvgIpc) is 2.48. The summed E-state index contributed by atoms with van der Waals surface area (Å²) < 4.78 is 4.81. The smallest absolute Gasteiger partial charge is 0.332 e. The van der Waals surface area contributed by atoms with Crippen LogP contribution in [0, 0.1) is 5.41 Å². The first-order valence-corrected chi connectivity index (χ1v) is 7.79. The van der Waals surface area contributed by atoms with Gasteiger partial charge in [0.1, 0.15) is 0 Å². The average molecular weight is 282 g/mol. The standard InChI is InChI=1S/C15H26N2O3/c1-2-20-14(19)12(16)13(18)17-10-8-15(9-11-17)6-4-3-5-7-15/h12H,2-11,16H2,1H3. The molecule has 0 aromatic rings. The fraction of sp³-hybridized carbons (Fsp3) is 0.867. The van der Waals surface area contributed by atoms with Crippen molar-refractivity contribution in [2.75, 3.05) is 19.7 Å². The van der Waals surface area contributed by atoms with Crippen molar-refractivity contribution in [3.63, 3.8) is 0 Å². The maximum Gasteiger partial charge on any atom is 0.332 e. The van der Waals surface area contributed by atoms with Crippen molar-refractivity contribution in [2.45, 2.75) is 57.9 Å². The Balaban J connectivity index is 1.86. The van der Waals surface area contributed by atoms with Crippen LogP contribution >= 0.6 is 0 Å². The number of esters is 1. The third kappa shape index (κ3) is 3.32. The lowest BCUT2D eigenvalue weighted by Crippen LogP contribution is -2.52. The van der Waals surface area contributed by atoms with Crippen LogP contribution in [-0.4, -0.2) is 42.5 Å². The summed E-state index contributed by atoms with van der Waals surface area (Å²) in [4.78, 5) is 25.5. The Labute approximate surface area is 120 Å². The van der Waals surface area contributed by atoms with Crippen LogP contribution in [0.2, 0.25) is 0 Å². The summed E-state index contributed by atoms with van der Waals surface area (Å²) in [6, 6.07) is -1.16. The van der Waals surface area contributed by atoms with Gasteiger partial charge in [-0.25, -0.2) is 4.79 Å². The van der Waals surface area contributed by atoms with E-state index in [9.17, 15) is 9.59 Å². The monoisotopic (exact) mass is 282 g/mol. The quantitative estimate of drug-likeness (QED) is 0.628. The first kappa shape index (κ1) is 15.3. The second-order valence-electron chi connectivity index (χ2n) is 6.12. The Morgan fingerprint density at radius 1 is 1.15 bits per heavy atom. The van der Waals surface area contributed by atoms with E-state index in [1.807, 2.05) is 0 Å². The summed E-state index contributed by atoms with van der Waals surface area (Å²) in [7, 11) is 0. The molecule has 20 heavy (non-hydrogen) atoms. The van der Waals surface area contributed by atoms with Gasteiger partial charge in [0, 0.05) is 13.1 Å². The number of carbonyl (C=O) groups excluding carboxylic acids is 2. The molecule has 2 fully saturated rings. The fourth-order valence-corrected chi connectivity index (χ4v) is 3.53. The van der Waals surface area contributed by atoms with Crippen LogP contribution in [0.25, 0.3) is 0 Å². The van der Waals surface area contributed by atoms with E-state index in [0.717, 1.165) is 25.9 Å². The second-order valence-corrected chi connectivity index (χ2v) is 6.12. The van der Waals surface area contributed by atoms with Crippen molar-refractivity contribution in [2.24, 2.45) is 11.1 Å². The Morgan fingerprint density at radius 2 is 1.75 bits per heavy atom. The summed E-state index contributed by atoms with van der Waals surface area (Å²) in [5.74, 6) is -0.899. The molecule has 5 heteroatoms. The highest BCUT2D eigenvalue weighted by Crippen LogP contribution is 2.44. The van der Waals surface area contributed by atoms with E-state index in [2.05, 4.69) is 0 Å². The van der Waals surface area contributed by atoms with Crippen LogP contribution in [0.15, 0.2) is 0 Å². The molecule has 1 unspecified atom stereocenters. The molecule has 2 N–H and O–H groups in total. The zero-order valence-electron chi connectivity index (χ0n) is 12.4. The third-order valence-corrected chi connectivity index (χ3v) is 4.86. The lowest BCUT2D eigenvalue weighted by atomic mass is 9.68. The Bertz CT molecular complexity index is 354. The molecule has 1 aliphatic heterocycles. The van der Waals surface area contributed by atoms with Crippen molar-refractivity contribution in [1.82, 2.24) is 4.90 Å². The highest BCUT2D eigenvalue weighted by molar-refractivity contribution is 6.01. The van der Waals surface area contributed by atoms with Gasteiger partial charge in [-0.1, -0.05) is 19.3 Å². The minimum absolute atomic E-state index is 0.253. The first-order valence-electron chi connectivity index (χ1n) is 7.79. The van der Waals surface area contributed by atoms with Gasteiger partial charge in [0.15, 0.2) is 6.04 Å². The maximum absolute atomic E-state index is 12.2. The summed E-state index contributed by atoms with van der Waals surface area (Å²) in [5.41, 5.74) is 6.13. The largest absolute Gasteiger partial charge is 0.464 e. The van der Waals surface area contributed by atoms with Crippen LogP contribution in [0.3, 0.4) is 0 Å². The molecule has 1 amide bonds. The zero-order valence-corrected chi connectivity index (χ0v) is 12.4. The van der Waals surface area contributed by atoms with Gasteiger partial charge in [-0.3, -0.25) is 4.79 Å². The van der Waals surface area contributed by atoms with Crippen LogP contribution in [0.5, 0.6) is 0 Å². The van der Waals surface area contributed by atoms with E-state index in [1.54, 1.807) is 11.8 Å². The molecular formula is C15H26N2O3. The van der Waals surface area contributed by atoms with Crippen LogP contribution < -0.4 is 5.73 Å². The number of nitrogens with zero attached hydrogens (tertiary/aromatic N) is 1. The van der Waals surface area contributed by atoms with E-state index >= 15 is 0 Å². The van der Waals surface area contributed by atoms with E-state index in [0.29, 0.717) is 5.41 Å². The Morgan fingerprint density at radius 3 is 2.30 bits per heavy atom. The number of rotatable bonds is 3.